The summed E-state index contributed by atoms with van der Waals surface area (Å²) in [6.45, 7) is 7.04. The Labute approximate surface area is 106 Å². The first kappa shape index (κ1) is 12.3. The molecule has 1 atom stereocenters. The van der Waals surface area contributed by atoms with E-state index in [1.807, 2.05) is 26.0 Å². The van der Waals surface area contributed by atoms with Crippen molar-refractivity contribution in [3.8, 4) is 0 Å². The van der Waals surface area contributed by atoms with Gasteiger partial charge in [-0.25, -0.2) is 4.98 Å². The van der Waals surface area contributed by atoms with E-state index in [-0.39, 0.29) is 6.04 Å². The van der Waals surface area contributed by atoms with Gasteiger partial charge in [-0.15, -0.1) is 11.3 Å². The molecule has 2 heterocycles. The van der Waals surface area contributed by atoms with Crippen LogP contribution >= 0.6 is 11.3 Å². The highest BCUT2D eigenvalue weighted by Crippen LogP contribution is 2.21. The van der Waals surface area contributed by atoms with Gasteiger partial charge in [-0.3, -0.25) is 0 Å². The van der Waals surface area contributed by atoms with E-state index in [4.69, 9.17) is 4.42 Å². The molecule has 2 aromatic rings. The zero-order valence-corrected chi connectivity index (χ0v) is 11.3. The number of likely N-dealkylation sites (N-methyl/N-ethyl adjacent to an activating group) is 1. The highest BCUT2D eigenvalue weighted by molar-refractivity contribution is 7.09. The molecule has 0 radical (unpaired) electrons. The van der Waals surface area contributed by atoms with E-state index in [0.717, 1.165) is 35.2 Å². The van der Waals surface area contributed by atoms with Crippen molar-refractivity contribution in [1.82, 2.24) is 10.3 Å². The number of aryl methyl sites for hydroxylation is 2. The van der Waals surface area contributed by atoms with Crippen LogP contribution in [0.1, 0.15) is 35.2 Å². The van der Waals surface area contributed by atoms with Gasteiger partial charge in [0, 0.05) is 11.8 Å². The van der Waals surface area contributed by atoms with Crippen molar-refractivity contribution in [3.05, 3.63) is 39.7 Å². The van der Waals surface area contributed by atoms with Crippen molar-refractivity contribution in [2.24, 2.45) is 0 Å². The highest BCUT2D eigenvalue weighted by atomic mass is 32.1. The predicted octanol–water partition coefficient (Wildman–Crippen LogP) is 3.25. The molecule has 2 rings (SSSR count). The van der Waals surface area contributed by atoms with Gasteiger partial charge < -0.3 is 9.73 Å². The Morgan fingerprint density at radius 1 is 1.41 bits per heavy atom. The minimum atomic E-state index is 0.218. The van der Waals surface area contributed by atoms with Crippen LogP contribution in [0.5, 0.6) is 0 Å². The molecule has 0 bridgehead atoms. The van der Waals surface area contributed by atoms with E-state index in [2.05, 4.69) is 22.6 Å². The molecule has 0 fully saturated rings. The topological polar surface area (TPSA) is 38.1 Å². The Balaban J connectivity index is 2.12. The van der Waals surface area contributed by atoms with Crippen LogP contribution in [0.4, 0.5) is 0 Å². The molecule has 0 spiro atoms. The molecule has 4 heteroatoms. The maximum atomic E-state index is 5.69. The zero-order valence-electron chi connectivity index (χ0n) is 10.5. The summed E-state index contributed by atoms with van der Waals surface area (Å²) < 4.78 is 5.69. The Bertz CT molecular complexity index is 475. The van der Waals surface area contributed by atoms with Gasteiger partial charge >= 0.3 is 0 Å². The average Bonchev–Trinajstić information content (AvgIpc) is 2.87. The van der Waals surface area contributed by atoms with Gasteiger partial charge in [0.25, 0.3) is 0 Å². The lowest BCUT2D eigenvalue weighted by Crippen LogP contribution is -2.22. The molecule has 0 saturated heterocycles. The predicted molar refractivity (Wildman–Crippen MR) is 70.4 cm³/mol. The number of nitrogens with zero attached hydrogens (tertiary/aromatic N) is 1. The van der Waals surface area contributed by atoms with E-state index in [1.165, 1.54) is 0 Å². The van der Waals surface area contributed by atoms with Gasteiger partial charge in [-0.2, -0.15) is 0 Å². The number of rotatable bonds is 5. The molecule has 0 aliphatic heterocycles. The minimum absolute atomic E-state index is 0.218. The fourth-order valence-electron chi connectivity index (χ4n) is 1.87. The highest BCUT2D eigenvalue weighted by Gasteiger charge is 2.16. The van der Waals surface area contributed by atoms with Crippen LogP contribution in [0.3, 0.4) is 0 Å². The first-order valence-corrected chi connectivity index (χ1v) is 6.77. The van der Waals surface area contributed by atoms with Crippen LogP contribution in [0.2, 0.25) is 0 Å². The Kier molecular flexibility index (Phi) is 3.97. The second kappa shape index (κ2) is 5.47. The summed E-state index contributed by atoms with van der Waals surface area (Å²) in [6.07, 6.45) is 0.880. The summed E-state index contributed by atoms with van der Waals surface area (Å²) >= 11 is 1.70. The van der Waals surface area contributed by atoms with Crippen molar-refractivity contribution in [3.63, 3.8) is 0 Å². The molecule has 0 aliphatic carbocycles. The van der Waals surface area contributed by atoms with E-state index < -0.39 is 0 Å². The molecule has 3 nitrogen and oxygen atoms in total. The summed E-state index contributed by atoms with van der Waals surface area (Å²) in [6, 6.07) is 4.27. The van der Waals surface area contributed by atoms with Gasteiger partial charge in [-0.05, 0) is 32.5 Å². The lowest BCUT2D eigenvalue weighted by atomic mass is 10.1. The number of nitrogens with one attached hydrogen (secondary N) is 1. The molecule has 92 valence electrons. The molecule has 0 saturated carbocycles. The molecule has 1 unspecified atom stereocenters. The van der Waals surface area contributed by atoms with Gasteiger partial charge in [0.05, 0.1) is 16.7 Å². The van der Waals surface area contributed by atoms with Gasteiger partial charge in [0.15, 0.2) is 0 Å². The second-order valence-corrected chi connectivity index (χ2v) is 5.18. The van der Waals surface area contributed by atoms with E-state index in [0.29, 0.717) is 0 Å². The molecule has 0 aliphatic rings. The molecular formula is C13H18N2OS. The van der Waals surface area contributed by atoms with E-state index >= 15 is 0 Å². The summed E-state index contributed by atoms with van der Waals surface area (Å²) in [5, 5.41) is 6.68. The number of thiazole rings is 1. The smallest absolute Gasteiger partial charge is 0.121 e. The Morgan fingerprint density at radius 2 is 2.24 bits per heavy atom. The van der Waals surface area contributed by atoms with Crippen LogP contribution in [0, 0.1) is 13.8 Å². The largest absolute Gasteiger partial charge is 0.465 e. The fourth-order valence-corrected chi connectivity index (χ4v) is 2.50. The molecule has 0 aromatic carbocycles. The average molecular weight is 250 g/mol. The quantitative estimate of drug-likeness (QED) is 0.885. The Morgan fingerprint density at radius 3 is 2.76 bits per heavy atom. The SMILES string of the molecule is CCNC(Cc1csc(C)n1)c1ccc(C)o1. The fraction of sp³-hybridized carbons (Fsp3) is 0.462. The van der Waals surface area contributed by atoms with Crippen LogP contribution in [-0.4, -0.2) is 11.5 Å². The molecular weight excluding hydrogens is 232 g/mol. The summed E-state index contributed by atoms with van der Waals surface area (Å²) in [5.41, 5.74) is 1.13. The van der Waals surface area contributed by atoms with E-state index in [1.54, 1.807) is 11.3 Å². The third-order valence-electron chi connectivity index (χ3n) is 2.63. The minimum Gasteiger partial charge on any atom is -0.465 e. The van der Waals surface area contributed by atoms with Gasteiger partial charge in [0.1, 0.15) is 11.5 Å². The van der Waals surface area contributed by atoms with Crippen LogP contribution < -0.4 is 5.32 Å². The molecule has 2 aromatic heterocycles. The van der Waals surface area contributed by atoms with Crippen molar-refractivity contribution in [2.75, 3.05) is 6.54 Å². The third-order valence-corrected chi connectivity index (χ3v) is 3.46. The third kappa shape index (κ3) is 3.17. The maximum absolute atomic E-state index is 5.69. The molecule has 0 amide bonds. The standard InChI is InChI=1S/C13H18N2OS/c1-4-14-12(13-6-5-9(2)16-13)7-11-8-17-10(3)15-11/h5-6,8,12,14H,4,7H2,1-3H3. The van der Waals surface area contributed by atoms with Crippen molar-refractivity contribution >= 4 is 11.3 Å². The summed E-state index contributed by atoms with van der Waals surface area (Å²) in [4.78, 5) is 4.50. The Hall–Kier alpha value is -1.13. The van der Waals surface area contributed by atoms with E-state index in [9.17, 15) is 0 Å². The first-order chi connectivity index (χ1) is 8.19. The number of hydrogen-bond acceptors (Lipinski definition) is 4. The zero-order chi connectivity index (χ0) is 12.3. The normalized spacial score (nSPS) is 12.9. The summed E-state index contributed by atoms with van der Waals surface area (Å²) in [5.74, 6) is 1.95. The first-order valence-electron chi connectivity index (χ1n) is 5.89. The van der Waals surface area contributed by atoms with Crippen molar-refractivity contribution in [2.45, 2.75) is 33.2 Å². The van der Waals surface area contributed by atoms with Crippen LogP contribution in [-0.2, 0) is 6.42 Å². The monoisotopic (exact) mass is 250 g/mol. The number of hydrogen-bond donors (Lipinski definition) is 1. The maximum Gasteiger partial charge on any atom is 0.121 e. The van der Waals surface area contributed by atoms with Crippen molar-refractivity contribution < 1.29 is 4.42 Å². The second-order valence-electron chi connectivity index (χ2n) is 4.12. The number of aromatic nitrogens is 1. The number of furan rings is 1. The molecule has 1 N–H and O–H groups in total. The lowest BCUT2D eigenvalue weighted by Gasteiger charge is -2.14. The molecule has 17 heavy (non-hydrogen) atoms. The lowest BCUT2D eigenvalue weighted by molar-refractivity contribution is 0.402. The van der Waals surface area contributed by atoms with Crippen LogP contribution in [0.25, 0.3) is 0 Å². The van der Waals surface area contributed by atoms with Gasteiger partial charge in [-0.1, -0.05) is 6.92 Å². The summed E-state index contributed by atoms with van der Waals surface area (Å²) in [7, 11) is 0. The van der Waals surface area contributed by atoms with Gasteiger partial charge in [0.2, 0.25) is 0 Å². The van der Waals surface area contributed by atoms with Crippen LogP contribution in [0.15, 0.2) is 21.9 Å². The van der Waals surface area contributed by atoms with Crippen molar-refractivity contribution in [1.29, 1.82) is 0 Å².